The van der Waals surface area contributed by atoms with Crippen molar-refractivity contribution in [1.29, 1.82) is 0 Å². The summed E-state index contributed by atoms with van der Waals surface area (Å²) in [5.41, 5.74) is 9.43. The monoisotopic (exact) mass is 742 g/mol. The molecule has 6 aromatic rings. The number of benzene rings is 4. The van der Waals surface area contributed by atoms with Crippen molar-refractivity contribution in [3.63, 3.8) is 0 Å². The Morgan fingerprint density at radius 2 is 1.27 bits per heavy atom. The molecule has 6 rings (SSSR count). The van der Waals surface area contributed by atoms with Crippen molar-refractivity contribution in [1.82, 2.24) is 0 Å². The number of fused-ring (bicyclic) bond motifs is 2. The summed E-state index contributed by atoms with van der Waals surface area (Å²) in [7, 11) is 9.73. The van der Waals surface area contributed by atoms with Gasteiger partial charge in [-0.05, 0) is 17.0 Å². The van der Waals surface area contributed by atoms with Gasteiger partial charge >= 0.3 is 37.9 Å². The van der Waals surface area contributed by atoms with Crippen LogP contribution in [0, 0.1) is 13.8 Å². The van der Waals surface area contributed by atoms with Crippen LogP contribution in [0.2, 0.25) is 32.7 Å². The van der Waals surface area contributed by atoms with Crippen LogP contribution >= 0.6 is 17.0 Å². The van der Waals surface area contributed by atoms with Crippen molar-refractivity contribution < 1.29 is 20.8 Å². The van der Waals surface area contributed by atoms with Crippen LogP contribution in [0.1, 0.15) is 36.5 Å². The molecule has 2 radical (unpaired) electrons. The van der Waals surface area contributed by atoms with E-state index in [2.05, 4.69) is 170 Å². The predicted molar refractivity (Wildman–Crippen MR) is 206 cm³/mol. The summed E-state index contributed by atoms with van der Waals surface area (Å²) in [4.78, 5) is 0. The summed E-state index contributed by atoms with van der Waals surface area (Å²) >= 11 is -0.826. The van der Waals surface area contributed by atoms with E-state index in [0.717, 1.165) is 9.52 Å². The summed E-state index contributed by atoms with van der Waals surface area (Å²) < 4.78 is 0. The van der Waals surface area contributed by atoms with E-state index in [0.29, 0.717) is 5.92 Å². The Morgan fingerprint density at radius 1 is 0.689 bits per heavy atom. The van der Waals surface area contributed by atoms with E-state index in [-0.39, 0.29) is 0 Å². The van der Waals surface area contributed by atoms with Crippen LogP contribution in [0.4, 0.5) is 0 Å². The molecular weight excluding hydrogens is 699 g/mol. The minimum atomic E-state index is -1.22. The van der Waals surface area contributed by atoms with Crippen LogP contribution in [0.15, 0.2) is 109 Å². The van der Waals surface area contributed by atoms with Crippen molar-refractivity contribution >= 4 is 61.4 Å². The summed E-state index contributed by atoms with van der Waals surface area (Å²) in [6, 6.07) is 40.2. The zero-order chi connectivity index (χ0) is 33.1. The zero-order valence-electron chi connectivity index (χ0n) is 28.2. The second kappa shape index (κ2) is 17.8. The molecule has 232 valence electrons. The van der Waals surface area contributed by atoms with E-state index >= 15 is 0 Å². The molecule has 0 atom stereocenters. The Hall–Kier alpha value is -2.00. The van der Waals surface area contributed by atoms with E-state index in [4.69, 9.17) is 17.0 Å². The van der Waals surface area contributed by atoms with E-state index in [1.807, 2.05) is 0 Å². The number of rotatable bonds is 4. The van der Waals surface area contributed by atoms with Crippen molar-refractivity contribution in [2.75, 3.05) is 0 Å². The number of halogens is 2. The van der Waals surface area contributed by atoms with E-state index < -0.39 is 28.9 Å². The third-order valence-corrected chi connectivity index (χ3v) is 9.90. The summed E-state index contributed by atoms with van der Waals surface area (Å²) in [6.45, 7) is 20.4. The fourth-order valence-electron chi connectivity index (χ4n) is 5.45. The van der Waals surface area contributed by atoms with Crippen molar-refractivity contribution in [2.24, 2.45) is 0 Å². The van der Waals surface area contributed by atoms with Crippen molar-refractivity contribution in [3.05, 3.63) is 126 Å². The molecule has 5 heteroatoms. The van der Waals surface area contributed by atoms with Crippen LogP contribution in [0.3, 0.4) is 0 Å². The first kappa shape index (κ1) is 37.5. The molecule has 0 heterocycles. The molecular formula is C40H46Cl2Si2Zr. The quantitative estimate of drug-likeness (QED) is 0.125. The molecule has 0 N–H and O–H groups in total. The molecule has 0 saturated heterocycles. The standard InChI is InChI=1S/C21H25Si.C17H15.C2H6Si.2ClH.Zr/c1-15(2)18-13-17-7-6-8-20(21(17)14-18)16-9-11-19(12-10-16)22(3,4)5;1-12-10-16-13(2)8-9-15(17(16)11-12)14-6-4-3-5-7-14;1-3-2;;;/h6-15H,1-5H3;3-11H,1-2H3;1-2H3;2*1H;/q2*-1;;;;+4/p-2. The molecule has 0 saturated carbocycles. The number of hydrogen-bond donors (Lipinski definition) is 0. The van der Waals surface area contributed by atoms with Gasteiger partial charge in [0.2, 0.25) is 0 Å². The Balaban J connectivity index is 0.000000214. The first-order valence-corrected chi connectivity index (χ1v) is 27.3. The third-order valence-electron chi connectivity index (χ3n) is 7.84. The molecule has 45 heavy (non-hydrogen) atoms. The van der Waals surface area contributed by atoms with Gasteiger partial charge in [0.1, 0.15) is 0 Å². The van der Waals surface area contributed by atoms with Gasteiger partial charge in [-0.15, -0.1) is 68.6 Å². The number of hydrogen-bond acceptors (Lipinski definition) is 0. The number of aryl methyl sites for hydroxylation is 2. The maximum atomic E-state index is 4.93. The molecule has 0 aromatic heterocycles. The van der Waals surface area contributed by atoms with E-state index in [1.165, 1.54) is 65.7 Å². The predicted octanol–water partition coefficient (Wildman–Crippen LogP) is 12.9. The normalized spacial score (nSPS) is 10.8. The first-order valence-electron chi connectivity index (χ1n) is 15.5. The molecule has 0 bridgehead atoms. The van der Waals surface area contributed by atoms with Gasteiger partial charge in [0.15, 0.2) is 0 Å². The molecule has 0 spiro atoms. The van der Waals surface area contributed by atoms with Gasteiger partial charge < -0.3 is 0 Å². The van der Waals surface area contributed by atoms with Gasteiger partial charge in [-0.25, -0.2) is 0 Å². The SMILES string of the molecule is CC(C)c1cc2c(-c3ccc([Si](C)(C)C)cc3)cccc2[cH-]1.C[Si]C.Cc1cc2c(-c3ccccc3)ccc(C)c2[cH-]1.[Cl][Zr+2][Cl]. The Bertz CT molecular complexity index is 1760. The maximum absolute atomic E-state index is 4.93. The zero-order valence-corrected chi connectivity index (χ0v) is 34.2. The Morgan fingerprint density at radius 3 is 1.84 bits per heavy atom. The molecule has 0 aliphatic heterocycles. The Kier molecular flexibility index (Phi) is 14.8. The van der Waals surface area contributed by atoms with E-state index in [1.54, 1.807) is 0 Å². The van der Waals surface area contributed by atoms with Crippen LogP contribution in [0.5, 0.6) is 0 Å². The molecule has 6 aromatic carbocycles. The molecule has 0 fully saturated rings. The fourth-order valence-corrected chi connectivity index (χ4v) is 6.62. The average Bonchev–Trinajstić information content (AvgIpc) is 3.63. The van der Waals surface area contributed by atoms with Gasteiger partial charge in [-0.1, -0.05) is 143 Å². The van der Waals surface area contributed by atoms with Crippen LogP contribution < -0.4 is 5.19 Å². The molecule has 0 aliphatic rings. The van der Waals surface area contributed by atoms with Gasteiger partial charge in [-0.3, -0.25) is 0 Å². The molecule has 0 unspecified atom stereocenters. The summed E-state index contributed by atoms with van der Waals surface area (Å²) in [6.07, 6.45) is 0. The van der Waals surface area contributed by atoms with Crippen LogP contribution in [-0.2, 0) is 20.8 Å². The van der Waals surface area contributed by atoms with Crippen molar-refractivity contribution in [3.8, 4) is 22.3 Å². The fraction of sp³-hybridized carbons (Fsp3) is 0.250. The molecule has 0 nitrogen and oxygen atoms in total. The Labute approximate surface area is 294 Å². The third kappa shape index (κ3) is 10.2. The van der Waals surface area contributed by atoms with Gasteiger partial charge in [0.25, 0.3) is 0 Å². The van der Waals surface area contributed by atoms with Gasteiger partial charge in [0, 0.05) is 9.52 Å². The first-order chi connectivity index (χ1) is 21.4. The molecule has 0 amide bonds. The minimum absolute atomic E-state index is 0.578. The van der Waals surface area contributed by atoms with Crippen molar-refractivity contribution in [2.45, 2.75) is 66.3 Å². The summed E-state index contributed by atoms with van der Waals surface area (Å²) in [5.74, 6) is 0.578. The average molecular weight is 745 g/mol. The second-order valence-electron chi connectivity index (χ2n) is 12.8. The summed E-state index contributed by atoms with van der Waals surface area (Å²) in [5, 5.41) is 7.01. The second-order valence-corrected chi connectivity index (χ2v) is 22.6. The van der Waals surface area contributed by atoms with Crippen LogP contribution in [0.25, 0.3) is 43.8 Å². The van der Waals surface area contributed by atoms with E-state index in [9.17, 15) is 0 Å². The molecule has 0 aliphatic carbocycles. The van der Waals surface area contributed by atoms with Gasteiger partial charge in [0.05, 0.1) is 8.07 Å². The van der Waals surface area contributed by atoms with Crippen LogP contribution in [-0.4, -0.2) is 17.6 Å². The topological polar surface area (TPSA) is 0 Å². The van der Waals surface area contributed by atoms with Gasteiger partial charge in [-0.2, -0.15) is 12.1 Å².